The second-order valence-corrected chi connectivity index (χ2v) is 3.43. The quantitative estimate of drug-likeness (QED) is 0.703. The molecule has 1 heterocycles. The molecule has 0 aliphatic carbocycles. The Labute approximate surface area is 79.4 Å². The lowest BCUT2D eigenvalue weighted by atomic mass is 10.2. The molecular formula is C10H18N2O. The minimum Gasteiger partial charge on any atom is -0.396 e. The molecule has 0 amide bonds. The molecule has 0 bridgehead atoms. The zero-order valence-corrected chi connectivity index (χ0v) is 8.45. The van der Waals surface area contributed by atoms with E-state index in [0.29, 0.717) is 6.61 Å². The Balaban J connectivity index is 2.32. The van der Waals surface area contributed by atoms with Crippen molar-refractivity contribution < 1.29 is 5.11 Å². The number of rotatable bonds is 5. The van der Waals surface area contributed by atoms with E-state index in [0.717, 1.165) is 31.5 Å². The number of hydrogen-bond acceptors (Lipinski definition) is 2. The number of aryl methyl sites for hydroxylation is 3. The SMILES string of the molecule is Cc1cc(C)n(CCCCCO)n1. The third kappa shape index (κ3) is 3.19. The van der Waals surface area contributed by atoms with Crippen LogP contribution in [-0.4, -0.2) is 21.5 Å². The lowest BCUT2D eigenvalue weighted by Crippen LogP contribution is -2.02. The zero-order valence-electron chi connectivity index (χ0n) is 8.45. The van der Waals surface area contributed by atoms with Crippen molar-refractivity contribution in [2.45, 2.75) is 39.7 Å². The van der Waals surface area contributed by atoms with Gasteiger partial charge in [0, 0.05) is 18.8 Å². The normalized spacial score (nSPS) is 10.7. The average molecular weight is 182 g/mol. The Bertz CT molecular complexity index is 255. The largest absolute Gasteiger partial charge is 0.396 e. The minimum atomic E-state index is 0.303. The van der Waals surface area contributed by atoms with Gasteiger partial charge in [0.05, 0.1) is 5.69 Å². The summed E-state index contributed by atoms with van der Waals surface area (Å²) in [5.41, 5.74) is 2.31. The number of aliphatic hydroxyl groups excluding tert-OH is 1. The van der Waals surface area contributed by atoms with Gasteiger partial charge in [0.25, 0.3) is 0 Å². The molecule has 13 heavy (non-hydrogen) atoms. The average Bonchev–Trinajstić information content (AvgIpc) is 2.39. The highest BCUT2D eigenvalue weighted by Crippen LogP contribution is 2.04. The van der Waals surface area contributed by atoms with E-state index in [1.165, 1.54) is 5.69 Å². The third-order valence-corrected chi connectivity index (χ3v) is 2.13. The van der Waals surface area contributed by atoms with Gasteiger partial charge in [-0.25, -0.2) is 0 Å². The summed E-state index contributed by atoms with van der Waals surface area (Å²) in [5.74, 6) is 0. The molecule has 3 heteroatoms. The van der Waals surface area contributed by atoms with Crippen LogP contribution in [0.3, 0.4) is 0 Å². The molecule has 1 aromatic rings. The summed E-state index contributed by atoms with van der Waals surface area (Å²) >= 11 is 0. The summed E-state index contributed by atoms with van der Waals surface area (Å²) in [6.07, 6.45) is 3.08. The van der Waals surface area contributed by atoms with Gasteiger partial charge in [0.1, 0.15) is 0 Å². The van der Waals surface area contributed by atoms with Crippen molar-refractivity contribution in [3.63, 3.8) is 0 Å². The first kappa shape index (κ1) is 10.3. The highest BCUT2D eigenvalue weighted by Gasteiger charge is 1.99. The predicted octanol–water partition coefficient (Wildman–Crippen LogP) is 1.66. The molecule has 0 aliphatic rings. The monoisotopic (exact) mass is 182 g/mol. The molecule has 0 radical (unpaired) electrons. The van der Waals surface area contributed by atoms with Crippen LogP contribution < -0.4 is 0 Å². The second-order valence-electron chi connectivity index (χ2n) is 3.43. The summed E-state index contributed by atoms with van der Waals surface area (Å²) in [7, 11) is 0. The molecule has 0 aliphatic heterocycles. The fourth-order valence-corrected chi connectivity index (χ4v) is 1.45. The molecule has 74 valence electrons. The van der Waals surface area contributed by atoms with Gasteiger partial charge in [-0.3, -0.25) is 4.68 Å². The number of nitrogens with zero attached hydrogens (tertiary/aromatic N) is 2. The van der Waals surface area contributed by atoms with Crippen molar-refractivity contribution in [3.05, 3.63) is 17.5 Å². The third-order valence-electron chi connectivity index (χ3n) is 2.13. The molecule has 1 rings (SSSR count). The fourth-order valence-electron chi connectivity index (χ4n) is 1.45. The summed E-state index contributed by atoms with van der Waals surface area (Å²) in [6.45, 7) is 5.36. The van der Waals surface area contributed by atoms with E-state index >= 15 is 0 Å². The molecule has 3 nitrogen and oxygen atoms in total. The molecule has 0 spiro atoms. The molecule has 0 unspecified atom stereocenters. The van der Waals surface area contributed by atoms with E-state index in [1.54, 1.807) is 0 Å². The van der Waals surface area contributed by atoms with Gasteiger partial charge in [0.2, 0.25) is 0 Å². The lowest BCUT2D eigenvalue weighted by molar-refractivity contribution is 0.281. The van der Waals surface area contributed by atoms with E-state index in [4.69, 9.17) is 5.11 Å². The van der Waals surface area contributed by atoms with Crippen LogP contribution in [0.4, 0.5) is 0 Å². The van der Waals surface area contributed by atoms with Crippen molar-refractivity contribution in [3.8, 4) is 0 Å². The molecule has 0 aromatic carbocycles. The Morgan fingerprint density at radius 2 is 2.08 bits per heavy atom. The highest BCUT2D eigenvalue weighted by atomic mass is 16.2. The molecule has 1 N–H and O–H groups in total. The standard InChI is InChI=1S/C10H18N2O/c1-9-8-10(2)12(11-9)6-4-3-5-7-13/h8,13H,3-7H2,1-2H3. The van der Waals surface area contributed by atoms with E-state index in [1.807, 2.05) is 11.6 Å². The van der Waals surface area contributed by atoms with Crippen LogP contribution in [-0.2, 0) is 6.54 Å². The van der Waals surface area contributed by atoms with Crippen LogP contribution in [0.1, 0.15) is 30.7 Å². The van der Waals surface area contributed by atoms with E-state index in [9.17, 15) is 0 Å². The van der Waals surface area contributed by atoms with E-state index in [-0.39, 0.29) is 0 Å². The van der Waals surface area contributed by atoms with Gasteiger partial charge >= 0.3 is 0 Å². The number of aliphatic hydroxyl groups is 1. The van der Waals surface area contributed by atoms with Crippen molar-refractivity contribution in [2.75, 3.05) is 6.61 Å². The Hall–Kier alpha value is -0.830. The molecule has 0 saturated heterocycles. The number of aromatic nitrogens is 2. The molecule has 0 saturated carbocycles. The topological polar surface area (TPSA) is 38.0 Å². The van der Waals surface area contributed by atoms with Gasteiger partial charge < -0.3 is 5.11 Å². The van der Waals surface area contributed by atoms with Crippen LogP contribution in [0, 0.1) is 13.8 Å². The first-order valence-corrected chi connectivity index (χ1v) is 4.86. The van der Waals surface area contributed by atoms with Crippen LogP contribution >= 0.6 is 0 Å². The van der Waals surface area contributed by atoms with Crippen molar-refractivity contribution in [2.24, 2.45) is 0 Å². The van der Waals surface area contributed by atoms with Crippen molar-refractivity contribution in [1.82, 2.24) is 9.78 Å². The summed E-state index contributed by atoms with van der Waals surface area (Å²) in [4.78, 5) is 0. The van der Waals surface area contributed by atoms with Gasteiger partial charge in [-0.15, -0.1) is 0 Å². The predicted molar refractivity (Wildman–Crippen MR) is 52.6 cm³/mol. The molecular weight excluding hydrogens is 164 g/mol. The summed E-state index contributed by atoms with van der Waals surface area (Å²) in [6, 6.07) is 2.09. The fraction of sp³-hybridized carbons (Fsp3) is 0.700. The van der Waals surface area contributed by atoms with E-state index < -0.39 is 0 Å². The van der Waals surface area contributed by atoms with Gasteiger partial charge in [-0.05, 0) is 39.2 Å². The maximum atomic E-state index is 8.60. The maximum Gasteiger partial charge on any atom is 0.0596 e. The number of unbranched alkanes of at least 4 members (excludes halogenated alkanes) is 2. The molecule has 1 aromatic heterocycles. The van der Waals surface area contributed by atoms with Crippen molar-refractivity contribution >= 4 is 0 Å². The van der Waals surface area contributed by atoms with Crippen LogP contribution in [0.25, 0.3) is 0 Å². The number of hydrogen-bond donors (Lipinski definition) is 1. The van der Waals surface area contributed by atoms with Gasteiger partial charge in [-0.1, -0.05) is 0 Å². The summed E-state index contributed by atoms with van der Waals surface area (Å²) in [5, 5.41) is 13.0. The first-order chi connectivity index (χ1) is 6.24. The van der Waals surface area contributed by atoms with Crippen molar-refractivity contribution in [1.29, 1.82) is 0 Å². The maximum absolute atomic E-state index is 8.60. The molecule has 0 fully saturated rings. The second kappa shape index (κ2) is 5.02. The van der Waals surface area contributed by atoms with Gasteiger partial charge in [0.15, 0.2) is 0 Å². The summed E-state index contributed by atoms with van der Waals surface area (Å²) < 4.78 is 2.03. The highest BCUT2D eigenvalue weighted by molar-refractivity contribution is 5.06. The van der Waals surface area contributed by atoms with Gasteiger partial charge in [-0.2, -0.15) is 5.10 Å². The first-order valence-electron chi connectivity index (χ1n) is 4.86. The molecule has 0 atom stereocenters. The zero-order chi connectivity index (χ0) is 9.68. The smallest absolute Gasteiger partial charge is 0.0596 e. The lowest BCUT2D eigenvalue weighted by Gasteiger charge is -2.02. The minimum absolute atomic E-state index is 0.303. The Morgan fingerprint density at radius 1 is 1.31 bits per heavy atom. The Kier molecular flexibility index (Phi) is 3.96. The van der Waals surface area contributed by atoms with Crippen LogP contribution in [0.15, 0.2) is 6.07 Å². The van der Waals surface area contributed by atoms with Crippen LogP contribution in [0.5, 0.6) is 0 Å². The van der Waals surface area contributed by atoms with E-state index in [2.05, 4.69) is 18.1 Å². The Morgan fingerprint density at radius 3 is 2.62 bits per heavy atom. The van der Waals surface area contributed by atoms with Crippen LogP contribution in [0.2, 0.25) is 0 Å².